The Kier molecular flexibility index (Phi) is 19.1. The van der Waals surface area contributed by atoms with Crippen LogP contribution in [0, 0.1) is 35.0 Å². The number of rotatable bonds is 12. The molecule has 0 amide bonds. The van der Waals surface area contributed by atoms with E-state index in [1.165, 1.54) is 19.4 Å². The minimum absolute atomic E-state index is 0.130. The highest BCUT2D eigenvalue weighted by atomic mass is 32.1. The molecule has 0 saturated carbocycles. The number of aliphatic hydroxyl groups is 5. The van der Waals surface area contributed by atoms with Gasteiger partial charge in [-0.15, -0.1) is 0 Å². The SMILES string of the molecule is CC[C@H]1OC(=O)[C@H](C)[C@@H](O)[C@H](C)[C@@H](O[C@H]2O[C@@H](C)C[C@@H](C)[C@@H]2O)[C@](C)(O)C[C@@H](C)CN(CCCN(CCC#N)C(=S)NCCc2ccccc2)[C@H](C)[C@@H](O)[C@]1(C)O. The van der Waals surface area contributed by atoms with Gasteiger partial charge in [-0.1, -0.05) is 58.0 Å². The topological polar surface area (TPSA) is 188 Å². The van der Waals surface area contributed by atoms with E-state index in [1.54, 1.807) is 20.8 Å². The van der Waals surface area contributed by atoms with Crippen molar-refractivity contribution in [2.75, 3.05) is 32.7 Å². The second-order valence-corrected chi connectivity index (χ2v) is 17.7. The number of aliphatic hydroxyl groups excluding tert-OH is 3. The lowest BCUT2D eigenvalue weighted by Crippen LogP contribution is -2.59. The molecule has 14 heteroatoms. The largest absolute Gasteiger partial charge is 0.459 e. The molecule has 0 radical (unpaired) electrons. The monoisotopic (exact) mass is 821 g/mol. The lowest BCUT2D eigenvalue weighted by atomic mass is 9.78. The number of hydrogen-bond acceptors (Lipinski definition) is 12. The molecule has 0 spiro atoms. The van der Waals surface area contributed by atoms with Crippen LogP contribution in [0.2, 0.25) is 0 Å². The number of carbonyl (C=O) groups is 1. The molecule has 0 aromatic heterocycles. The quantitative estimate of drug-likeness (QED) is 0.132. The van der Waals surface area contributed by atoms with Gasteiger partial charge in [0.2, 0.25) is 0 Å². The third kappa shape index (κ3) is 13.5. The van der Waals surface area contributed by atoms with E-state index in [0.717, 1.165) is 6.42 Å². The van der Waals surface area contributed by atoms with Gasteiger partial charge in [-0.3, -0.25) is 9.69 Å². The molecule has 1 aromatic carbocycles. The standard InChI is InChI=1S/C43H72N4O9S/c1-10-34-43(9,53)37(50)32(7)47(23-15-22-46(21-14-19-44)41(57)45-20-18-33-16-12-11-13-17-33)26-27(2)25-42(8,52)38(30(5)36(49)31(6)39(51)55-34)56-40-35(48)28(3)24-29(4)54-40/h11-13,16-17,27-32,34-38,40,48-50,52-53H,10,14-15,18,20-26H2,1-9H3,(H,45,57)/t27-,28-,29+,30+,31-,32-,34-,35+,36+,37-,38-,40-,42-,43-/m1/s1. The van der Waals surface area contributed by atoms with E-state index in [4.69, 9.17) is 26.4 Å². The van der Waals surface area contributed by atoms with Crippen LogP contribution in [0.25, 0.3) is 0 Å². The van der Waals surface area contributed by atoms with Gasteiger partial charge in [-0.2, -0.15) is 5.26 Å². The number of carbonyl (C=O) groups excluding carboxylic acids is 1. The molecule has 2 saturated heterocycles. The Morgan fingerprint density at radius 2 is 1.74 bits per heavy atom. The van der Waals surface area contributed by atoms with Crippen LogP contribution in [0.15, 0.2) is 30.3 Å². The minimum Gasteiger partial charge on any atom is -0.459 e. The fraction of sp³-hybridized carbons (Fsp3) is 0.791. The Labute approximate surface area is 346 Å². The van der Waals surface area contributed by atoms with E-state index in [9.17, 15) is 35.6 Å². The van der Waals surface area contributed by atoms with Gasteiger partial charge in [0.1, 0.15) is 23.9 Å². The zero-order valence-electron chi connectivity index (χ0n) is 35.7. The molecule has 2 aliphatic heterocycles. The summed E-state index contributed by atoms with van der Waals surface area (Å²) in [6.07, 6.45) is -4.39. The molecule has 0 aliphatic carbocycles. The van der Waals surface area contributed by atoms with Crippen molar-refractivity contribution in [1.82, 2.24) is 15.1 Å². The smallest absolute Gasteiger partial charge is 0.311 e. The molecular formula is C43H72N4O9S. The Bertz CT molecular complexity index is 1430. The second kappa shape index (κ2) is 22.2. The predicted molar refractivity (Wildman–Crippen MR) is 223 cm³/mol. The van der Waals surface area contributed by atoms with Gasteiger partial charge in [0.05, 0.1) is 42.3 Å². The zero-order chi connectivity index (χ0) is 42.7. The van der Waals surface area contributed by atoms with Gasteiger partial charge >= 0.3 is 5.97 Å². The summed E-state index contributed by atoms with van der Waals surface area (Å²) < 4.78 is 18.4. The Morgan fingerprint density at radius 3 is 2.37 bits per heavy atom. The zero-order valence-corrected chi connectivity index (χ0v) is 36.5. The van der Waals surface area contributed by atoms with E-state index in [1.807, 2.05) is 50.8 Å². The van der Waals surface area contributed by atoms with E-state index >= 15 is 0 Å². The van der Waals surface area contributed by atoms with Crippen LogP contribution in [0.1, 0.15) is 100.0 Å². The molecule has 1 aromatic rings. The highest BCUT2D eigenvalue weighted by Crippen LogP contribution is 2.37. The van der Waals surface area contributed by atoms with E-state index in [2.05, 4.69) is 28.4 Å². The van der Waals surface area contributed by atoms with Crippen LogP contribution < -0.4 is 5.32 Å². The summed E-state index contributed by atoms with van der Waals surface area (Å²) in [4.78, 5) is 17.7. The molecule has 2 fully saturated rings. The van der Waals surface area contributed by atoms with E-state index < -0.39 is 71.9 Å². The number of nitrogens with one attached hydrogen (secondary N) is 1. The van der Waals surface area contributed by atoms with Crippen LogP contribution in [-0.2, 0) is 25.4 Å². The lowest BCUT2D eigenvalue weighted by Gasteiger charge is -2.45. The fourth-order valence-corrected chi connectivity index (χ4v) is 8.97. The van der Waals surface area contributed by atoms with Crippen LogP contribution in [0.4, 0.5) is 0 Å². The number of hydrogen-bond donors (Lipinski definition) is 6. The third-order valence-corrected chi connectivity index (χ3v) is 12.5. The van der Waals surface area contributed by atoms with Gasteiger partial charge in [-0.05, 0) is 96.3 Å². The van der Waals surface area contributed by atoms with Crippen molar-refractivity contribution < 1.29 is 44.5 Å². The molecule has 0 unspecified atom stereocenters. The highest BCUT2D eigenvalue weighted by Gasteiger charge is 2.49. The first-order chi connectivity index (χ1) is 26.7. The van der Waals surface area contributed by atoms with Crippen LogP contribution in [0.5, 0.6) is 0 Å². The highest BCUT2D eigenvalue weighted by molar-refractivity contribution is 7.80. The summed E-state index contributed by atoms with van der Waals surface area (Å²) in [5.74, 6) is -3.01. The number of nitriles is 1. The molecule has 324 valence electrons. The maximum absolute atomic E-state index is 13.6. The third-order valence-electron chi connectivity index (χ3n) is 12.1. The average molecular weight is 821 g/mol. The number of thiocarbonyl (C=S) groups is 1. The Hall–Kier alpha value is -2.45. The first kappa shape index (κ1) is 48.9. The summed E-state index contributed by atoms with van der Waals surface area (Å²) in [7, 11) is 0. The molecule has 13 nitrogen and oxygen atoms in total. The van der Waals surface area contributed by atoms with Crippen LogP contribution in [0.3, 0.4) is 0 Å². The second-order valence-electron chi connectivity index (χ2n) is 17.3. The fourth-order valence-electron chi connectivity index (χ4n) is 8.69. The summed E-state index contributed by atoms with van der Waals surface area (Å²) >= 11 is 5.77. The number of benzene rings is 1. The summed E-state index contributed by atoms with van der Waals surface area (Å²) in [5, 5.41) is 72.1. The van der Waals surface area contributed by atoms with Gasteiger partial charge in [-0.25, -0.2) is 0 Å². The number of cyclic esters (lactones) is 1. The first-order valence-electron chi connectivity index (χ1n) is 20.9. The van der Waals surface area contributed by atoms with Gasteiger partial charge in [0.15, 0.2) is 11.4 Å². The van der Waals surface area contributed by atoms with E-state index in [-0.39, 0.29) is 30.8 Å². The van der Waals surface area contributed by atoms with Gasteiger partial charge < -0.3 is 50.0 Å². The van der Waals surface area contributed by atoms with Gasteiger partial charge in [0.25, 0.3) is 0 Å². The van der Waals surface area contributed by atoms with Crippen LogP contribution in [-0.4, -0.2) is 139 Å². The Balaban J connectivity index is 1.92. The minimum atomic E-state index is -1.86. The number of nitrogens with zero attached hydrogens (tertiary/aromatic N) is 3. The number of esters is 1. The van der Waals surface area contributed by atoms with Crippen molar-refractivity contribution in [3.05, 3.63) is 35.9 Å². The van der Waals surface area contributed by atoms with Gasteiger partial charge in [0, 0.05) is 44.7 Å². The molecule has 0 bridgehead atoms. The van der Waals surface area contributed by atoms with Crippen molar-refractivity contribution in [2.24, 2.45) is 23.7 Å². The van der Waals surface area contributed by atoms with Crippen molar-refractivity contribution in [1.29, 1.82) is 5.26 Å². The van der Waals surface area contributed by atoms with E-state index in [0.29, 0.717) is 57.1 Å². The summed E-state index contributed by atoms with van der Waals surface area (Å²) in [6, 6.07) is 11.7. The van der Waals surface area contributed by atoms with Crippen molar-refractivity contribution in [3.8, 4) is 6.07 Å². The lowest BCUT2D eigenvalue weighted by molar-refractivity contribution is -0.298. The molecule has 2 heterocycles. The maximum atomic E-state index is 13.6. The summed E-state index contributed by atoms with van der Waals surface area (Å²) in [6.45, 7) is 18.2. The molecule has 6 N–H and O–H groups in total. The van der Waals surface area contributed by atoms with Crippen molar-refractivity contribution in [2.45, 2.75) is 161 Å². The maximum Gasteiger partial charge on any atom is 0.311 e. The molecule has 2 aliphatic rings. The molecule has 57 heavy (non-hydrogen) atoms. The summed E-state index contributed by atoms with van der Waals surface area (Å²) in [5.41, 5.74) is -2.25. The first-order valence-corrected chi connectivity index (χ1v) is 21.3. The molecule has 14 atom stereocenters. The van der Waals surface area contributed by atoms with Crippen molar-refractivity contribution in [3.63, 3.8) is 0 Å². The predicted octanol–water partition coefficient (Wildman–Crippen LogP) is 3.77. The molecule has 3 rings (SSSR count). The van der Waals surface area contributed by atoms with Crippen LogP contribution >= 0.6 is 12.2 Å². The average Bonchev–Trinajstić information content (AvgIpc) is 3.16. The Morgan fingerprint density at radius 1 is 1.07 bits per heavy atom. The molecular weight excluding hydrogens is 749 g/mol. The normalized spacial score (nSPS) is 37.6. The number of ether oxygens (including phenoxy) is 3. The van der Waals surface area contributed by atoms with Crippen molar-refractivity contribution >= 4 is 23.3 Å².